The van der Waals surface area contributed by atoms with Crippen LogP contribution >= 0.6 is 24.0 Å². The molecule has 1 heterocycles. The van der Waals surface area contributed by atoms with Gasteiger partial charge >= 0.3 is 5.97 Å². The van der Waals surface area contributed by atoms with Crippen molar-refractivity contribution in [1.29, 1.82) is 0 Å². The third kappa shape index (κ3) is 4.00. The summed E-state index contributed by atoms with van der Waals surface area (Å²) < 4.78 is 0.345. The second-order valence-electron chi connectivity index (χ2n) is 5.76. The van der Waals surface area contributed by atoms with Crippen LogP contribution in [0.4, 0.5) is 0 Å². The number of allylic oxidation sites excluding steroid dienone is 1. The average Bonchev–Trinajstić information content (AvgIpc) is 2.88. The summed E-state index contributed by atoms with van der Waals surface area (Å²) in [6.45, 7) is 0.235. The van der Waals surface area contributed by atoms with Gasteiger partial charge in [0.25, 0.3) is 5.91 Å². The molecule has 2 aromatic carbocycles. The van der Waals surface area contributed by atoms with Gasteiger partial charge in [0.1, 0.15) is 4.32 Å². The molecule has 1 saturated heterocycles. The number of amides is 1. The topological polar surface area (TPSA) is 74.7 Å². The van der Waals surface area contributed by atoms with Crippen LogP contribution in [0.2, 0.25) is 0 Å². The normalized spacial score (nSPS) is 15.8. The Morgan fingerprint density at radius 1 is 1.15 bits per heavy atom. The molecule has 1 fully saturated rings. The van der Waals surface area contributed by atoms with Gasteiger partial charge in [0.05, 0.1) is 4.91 Å². The maximum atomic E-state index is 12.5. The highest BCUT2D eigenvalue weighted by Crippen LogP contribution is 2.31. The molecule has 26 heavy (non-hydrogen) atoms. The van der Waals surface area contributed by atoms with Crippen molar-refractivity contribution in [2.24, 2.45) is 0 Å². The molecule has 0 aromatic heterocycles. The highest BCUT2D eigenvalue weighted by molar-refractivity contribution is 8.26. The fourth-order valence-electron chi connectivity index (χ4n) is 2.63. The molecule has 1 aliphatic rings. The molecular weight excluding hydrogens is 370 g/mol. The van der Waals surface area contributed by atoms with Crippen LogP contribution in [0.1, 0.15) is 23.2 Å². The summed E-state index contributed by atoms with van der Waals surface area (Å²) in [4.78, 5) is 37.2. The minimum absolute atomic E-state index is 0.0356. The van der Waals surface area contributed by atoms with Crippen molar-refractivity contribution in [3.63, 3.8) is 0 Å². The second-order valence-corrected chi connectivity index (χ2v) is 7.43. The molecule has 0 spiro atoms. The predicted octanol–water partition coefficient (Wildman–Crippen LogP) is 3.63. The van der Waals surface area contributed by atoms with Crippen molar-refractivity contribution >= 4 is 56.7 Å². The first-order valence-corrected chi connectivity index (χ1v) is 9.18. The number of aliphatic carboxylic acids is 1. The van der Waals surface area contributed by atoms with Gasteiger partial charge in [-0.3, -0.25) is 19.3 Å². The maximum absolute atomic E-state index is 12.5. The number of ketones is 1. The number of nitrogens with zero attached hydrogens (tertiary/aromatic N) is 1. The molecule has 7 heteroatoms. The van der Waals surface area contributed by atoms with Gasteiger partial charge in [0, 0.05) is 24.6 Å². The Hall–Kier alpha value is -2.51. The molecule has 0 radical (unpaired) electrons. The van der Waals surface area contributed by atoms with Gasteiger partial charge in [0.2, 0.25) is 0 Å². The molecule has 0 aliphatic carbocycles. The Kier molecular flexibility index (Phi) is 5.49. The molecular formula is C19H15NO4S2. The number of benzene rings is 2. The summed E-state index contributed by atoms with van der Waals surface area (Å²) in [6, 6.07) is 13.1. The molecule has 0 saturated carbocycles. The Morgan fingerprint density at radius 2 is 1.88 bits per heavy atom. The minimum Gasteiger partial charge on any atom is -0.481 e. The number of thiocarbonyl (C=S) groups is 1. The highest BCUT2D eigenvalue weighted by Gasteiger charge is 2.32. The van der Waals surface area contributed by atoms with Crippen molar-refractivity contribution in [2.75, 3.05) is 6.54 Å². The van der Waals surface area contributed by atoms with E-state index in [1.807, 2.05) is 30.3 Å². The summed E-state index contributed by atoms with van der Waals surface area (Å²) in [5, 5.41) is 10.7. The third-order valence-corrected chi connectivity index (χ3v) is 5.32. The number of hydrogen-bond acceptors (Lipinski definition) is 5. The molecule has 2 aromatic rings. The Labute approximate surface area is 159 Å². The summed E-state index contributed by atoms with van der Waals surface area (Å²) in [5.74, 6) is -1.53. The summed E-state index contributed by atoms with van der Waals surface area (Å²) in [7, 11) is 0. The van der Waals surface area contributed by atoms with Gasteiger partial charge in [-0.25, -0.2) is 0 Å². The van der Waals surface area contributed by atoms with Crippen molar-refractivity contribution < 1.29 is 19.5 Å². The van der Waals surface area contributed by atoms with Gasteiger partial charge in [-0.2, -0.15) is 0 Å². The van der Waals surface area contributed by atoms with Crippen molar-refractivity contribution in [1.82, 2.24) is 4.90 Å². The molecule has 1 N–H and O–H groups in total. The molecule has 1 amide bonds. The number of carbonyl (C=O) groups excluding carboxylic acids is 2. The van der Waals surface area contributed by atoms with Crippen LogP contribution in [0.5, 0.6) is 0 Å². The smallest absolute Gasteiger partial charge is 0.303 e. The Morgan fingerprint density at radius 3 is 2.62 bits per heavy atom. The van der Waals surface area contributed by atoms with E-state index in [4.69, 9.17) is 17.3 Å². The lowest BCUT2D eigenvalue weighted by Crippen LogP contribution is -2.29. The molecule has 0 unspecified atom stereocenters. The fourth-order valence-corrected chi connectivity index (χ4v) is 3.91. The van der Waals surface area contributed by atoms with E-state index < -0.39 is 5.97 Å². The number of rotatable bonds is 6. The van der Waals surface area contributed by atoms with Gasteiger partial charge in [-0.15, -0.1) is 0 Å². The highest BCUT2D eigenvalue weighted by atomic mass is 32.2. The van der Waals surface area contributed by atoms with Gasteiger partial charge in [-0.05, 0) is 23.3 Å². The lowest BCUT2D eigenvalue weighted by Gasteiger charge is -2.13. The molecule has 132 valence electrons. The van der Waals surface area contributed by atoms with E-state index in [2.05, 4.69) is 0 Å². The lowest BCUT2D eigenvalue weighted by atomic mass is 10.0. The SMILES string of the molecule is O=C(O)CCCN1C(=O)/C(=C/C(=O)c2ccc3ccccc3c2)SC1=S. The minimum atomic E-state index is -0.919. The third-order valence-electron chi connectivity index (χ3n) is 3.94. The number of carboxylic acid groups (broad SMARTS) is 1. The lowest BCUT2D eigenvalue weighted by molar-refractivity contribution is -0.137. The molecule has 3 rings (SSSR count). The van der Waals surface area contributed by atoms with E-state index in [0.717, 1.165) is 22.5 Å². The van der Waals surface area contributed by atoms with E-state index >= 15 is 0 Å². The summed E-state index contributed by atoms with van der Waals surface area (Å²) in [6.07, 6.45) is 1.58. The zero-order chi connectivity index (χ0) is 18.7. The van der Waals surface area contributed by atoms with Crippen LogP contribution in [0, 0.1) is 0 Å². The van der Waals surface area contributed by atoms with Crippen LogP contribution in [-0.2, 0) is 9.59 Å². The molecule has 0 atom stereocenters. The summed E-state index contributed by atoms with van der Waals surface area (Å²) in [5.41, 5.74) is 0.500. The van der Waals surface area contributed by atoms with E-state index in [1.165, 1.54) is 11.0 Å². The number of hydrogen-bond donors (Lipinski definition) is 1. The maximum Gasteiger partial charge on any atom is 0.303 e. The quantitative estimate of drug-likeness (QED) is 0.465. The monoisotopic (exact) mass is 385 g/mol. The standard InChI is InChI=1S/C19H15NO4S2/c21-15(14-8-7-12-4-1-2-5-13(12)10-14)11-16-18(24)20(19(25)26-16)9-3-6-17(22)23/h1-2,4-5,7-8,10-11H,3,6,9H2,(H,22,23)/b16-11-. The number of carboxylic acids is 1. The summed E-state index contributed by atoms with van der Waals surface area (Å²) >= 11 is 6.24. The molecule has 5 nitrogen and oxygen atoms in total. The van der Waals surface area contributed by atoms with Crippen LogP contribution in [0.3, 0.4) is 0 Å². The van der Waals surface area contributed by atoms with E-state index in [9.17, 15) is 14.4 Å². The van der Waals surface area contributed by atoms with E-state index in [-0.39, 0.29) is 29.6 Å². The second kappa shape index (κ2) is 7.80. The van der Waals surface area contributed by atoms with Gasteiger partial charge in [0.15, 0.2) is 5.78 Å². The van der Waals surface area contributed by atoms with Crippen molar-refractivity contribution in [3.05, 3.63) is 59.0 Å². The first kappa shape index (κ1) is 18.3. The van der Waals surface area contributed by atoms with Crippen LogP contribution in [0.25, 0.3) is 10.8 Å². The van der Waals surface area contributed by atoms with Gasteiger partial charge < -0.3 is 5.11 Å². The number of thioether (sulfide) groups is 1. The van der Waals surface area contributed by atoms with Crippen molar-refractivity contribution in [3.8, 4) is 0 Å². The first-order valence-electron chi connectivity index (χ1n) is 7.96. The molecule has 0 bridgehead atoms. The van der Waals surface area contributed by atoms with Crippen LogP contribution < -0.4 is 0 Å². The fraction of sp³-hybridized carbons (Fsp3) is 0.158. The van der Waals surface area contributed by atoms with Crippen molar-refractivity contribution in [2.45, 2.75) is 12.8 Å². The largest absolute Gasteiger partial charge is 0.481 e. The van der Waals surface area contributed by atoms with E-state index in [1.54, 1.807) is 12.1 Å². The predicted molar refractivity (Wildman–Crippen MR) is 105 cm³/mol. The zero-order valence-corrected chi connectivity index (χ0v) is 15.3. The number of carbonyl (C=O) groups is 3. The number of fused-ring (bicyclic) bond motifs is 1. The first-order chi connectivity index (χ1) is 12.5. The van der Waals surface area contributed by atoms with Gasteiger partial charge in [-0.1, -0.05) is 60.4 Å². The Bertz CT molecular complexity index is 951. The van der Waals surface area contributed by atoms with Crippen LogP contribution in [-0.4, -0.2) is 38.5 Å². The average molecular weight is 385 g/mol. The zero-order valence-electron chi connectivity index (χ0n) is 13.7. The Balaban J connectivity index is 1.76. The molecule has 1 aliphatic heterocycles. The van der Waals surface area contributed by atoms with Crippen LogP contribution in [0.15, 0.2) is 53.4 Å². The van der Waals surface area contributed by atoms with E-state index in [0.29, 0.717) is 16.3 Å².